The van der Waals surface area contributed by atoms with E-state index in [0.717, 1.165) is 11.1 Å². The Kier molecular flexibility index (Phi) is 6.94. The second kappa shape index (κ2) is 9.83. The van der Waals surface area contributed by atoms with E-state index in [9.17, 15) is 14.4 Å². The van der Waals surface area contributed by atoms with E-state index >= 15 is 0 Å². The van der Waals surface area contributed by atoms with E-state index in [1.165, 1.54) is 12.3 Å². The Labute approximate surface area is 191 Å². The van der Waals surface area contributed by atoms with Gasteiger partial charge in [-0.15, -0.1) is 0 Å². The summed E-state index contributed by atoms with van der Waals surface area (Å²) in [4.78, 5) is 37.4. The Balaban J connectivity index is 1.81. The highest BCUT2D eigenvalue weighted by Gasteiger charge is 2.19. The highest BCUT2D eigenvalue weighted by Crippen LogP contribution is 2.30. The normalized spacial score (nSPS) is 10.7. The number of hydrogen-bond acceptors (Lipinski definition) is 6. The lowest BCUT2D eigenvalue weighted by Crippen LogP contribution is -2.27. The molecule has 8 nitrogen and oxygen atoms in total. The van der Waals surface area contributed by atoms with E-state index < -0.39 is 29.8 Å². The van der Waals surface area contributed by atoms with Gasteiger partial charge in [-0.2, -0.15) is 5.26 Å². The highest BCUT2D eigenvalue weighted by molar-refractivity contribution is 6.12. The quantitative estimate of drug-likeness (QED) is 0.388. The highest BCUT2D eigenvalue weighted by atomic mass is 16.6. The van der Waals surface area contributed by atoms with E-state index in [0.29, 0.717) is 16.9 Å². The van der Waals surface area contributed by atoms with Crippen molar-refractivity contribution in [2.24, 2.45) is 0 Å². The van der Waals surface area contributed by atoms with Crippen LogP contribution in [0.25, 0.3) is 11.1 Å². The van der Waals surface area contributed by atoms with Gasteiger partial charge in [-0.1, -0.05) is 18.2 Å². The first-order valence-corrected chi connectivity index (χ1v) is 10.1. The maximum absolute atomic E-state index is 12.7. The van der Waals surface area contributed by atoms with Crippen LogP contribution in [0.2, 0.25) is 0 Å². The zero-order chi connectivity index (χ0) is 24.0. The van der Waals surface area contributed by atoms with Crippen molar-refractivity contribution >= 4 is 29.2 Å². The average Bonchev–Trinajstić information content (AvgIpc) is 3.28. The summed E-state index contributed by atoms with van der Waals surface area (Å²) in [6, 6.07) is 14.9. The number of hydrogen-bond donors (Lipinski definition) is 2. The van der Waals surface area contributed by atoms with Gasteiger partial charge in [0.15, 0.2) is 5.78 Å². The van der Waals surface area contributed by atoms with Gasteiger partial charge in [0.25, 0.3) is 0 Å². The van der Waals surface area contributed by atoms with Gasteiger partial charge in [0.1, 0.15) is 5.60 Å². The predicted molar refractivity (Wildman–Crippen MR) is 123 cm³/mol. The number of rotatable bonds is 6. The van der Waals surface area contributed by atoms with Crippen molar-refractivity contribution in [3.63, 3.8) is 0 Å². The summed E-state index contributed by atoms with van der Waals surface area (Å²) >= 11 is 0. The Morgan fingerprint density at radius 2 is 1.79 bits per heavy atom. The SMILES string of the molecule is CC(C)(C)OC(=O)Nc1ccc(-c2ccoc2)cc1NC(=O)CC(=O)c1cccc(C#N)c1. The molecule has 8 heteroatoms. The van der Waals surface area contributed by atoms with Crippen molar-refractivity contribution in [1.82, 2.24) is 0 Å². The molecule has 0 unspecified atom stereocenters. The first kappa shape index (κ1) is 23.3. The molecule has 33 heavy (non-hydrogen) atoms. The maximum Gasteiger partial charge on any atom is 0.412 e. The fraction of sp³-hybridized carbons (Fsp3) is 0.200. The fourth-order valence-electron chi connectivity index (χ4n) is 2.98. The van der Waals surface area contributed by atoms with Crippen LogP contribution in [0.3, 0.4) is 0 Å². The second-order valence-corrected chi connectivity index (χ2v) is 8.24. The zero-order valence-electron chi connectivity index (χ0n) is 18.5. The average molecular weight is 445 g/mol. The van der Waals surface area contributed by atoms with Crippen LogP contribution in [0, 0.1) is 11.3 Å². The van der Waals surface area contributed by atoms with Crippen LogP contribution in [0.5, 0.6) is 0 Å². The number of nitrogens with one attached hydrogen (secondary N) is 2. The zero-order valence-corrected chi connectivity index (χ0v) is 18.5. The molecule has 0 fully saturated rings. The van der Waals surface area contributed by atoms with Gasteiger partial charge < -0.3 is 14.5 Å². The molecular formula is C25H23N3O5. The van der Waals surface area contributed by atoms with E-state index in [1.54, 1.807) is 69.5 Å². The molecule has 0 aliphatic rings. The fourth-order valence-corrected chi connectivity index (χ4v) is 2.98. The van der Waals surface area contributed by atoms with Gasteiger partial charge >= 0.3 is 6.09 Å². The molecule has 0 bridgehead atoms. The van der Waals surface area contributed by atoms with Crippen molar-refractivity contribution in [1.29, 1.82) is 5.26 Å². The van der Waals surface area contributed by atoms with Crippen LogP contribution < -0.4 is 10.6 Å². The molecule has 2 N–H and O–H groups in total. The van der Waals surface area contributed by atoms with E-state index in [1.807, 2.05) is 6.07 Å². The number of amides is 2. The lowest BCUT2D eigenvalue weighted by molar-refractivity contribution is -0.115. The van der Waals surface area contributed by atoms with Crippen LogP contribution >= 0.6 is 0 Å². The summed E-state index contributed by atoms with van der Waals surface area (Å²) in [5.41, 5.74) is 2.02. The number of nitrogens with zero attached hydrogens (tertiary/aromatic N) is 1. The van der Waals surface area contributed by atoms with E-state index in [-0.39, 0.29) is 5.56 Å². The van der Waals surface area contributed by atoms with Gasteiger partial charge in [-0.05, 0) is 56.7 Å². The Morgan fingerprint density at radius 1 is 1.00 bits per heavy atom. The van der Waals surface area contributed by atoms with Crippen LogP contribution in [-0.4, -0.2) is 23.4 Å². The second-order valence-electron chi connectivity index (χ2n) is 8.24. The number of ketones is 1. The van der Waals surface area contributed by atoms with Crippen LogP contribution in [0.4, 0.5) is 16.2 Å². The molecule has 2 amide bonds. The molecule has 3 rings (SSSR count). The number of nitriles is 1. The summed E-state index contributed by atoms with van der Waals surface area (Å²) in [5, 5.41) is 14.3. The molecular weight excluding hydrogens is 422 g/mol. The monoisotopic (exact) mass is 445 g/mol. The van der Waals surface area contributed by atoms with Crippen molar-refractivity contribution in [3.05, 3.63) is 72.2 Å². The number of Topliss-reactive ketones (excluding diaryl/α,β-unsaturated/α-hetero) is 1. The molecule has 0 atom stereocenters. The van der Waals surface area contributed by atoms with Gasteiger partial charge in [0.2, 0.25) is 5.91 Å². The van der Waals surface area contributed by atoms with Crippen LogP contribution in [0.15, 0.2) is 65.5 Å². The van der Waals surface area contributed by atoms with Gasteiger partial charge in [0.05, 0.1) is 42.0 Å². The standard InChI is InChI=1S/C25H23N3O5/c1-25(2,3)33-24(31)28-20-8-7-17(19-9-10-32-15-19)12-21(20)27-23(30)13-22(29)18-6-4-5-16(11-18)14-26/h4-12,15H,13H2,1-3H3,(H,27,30)(H,28,31). The molecule has 1 aromatic heterocycles. The van der Waals surface area contributed by atoms with Crippen LogP contribution in [0.1, 0.15) is 43.1 Å². The number of carbonyl (C=O) groups excluding carboxylic acids is 3. The minimum atomic E-state index is -0.700. The lowest BCUT2D eigenvalue weighted by Gasteiger charge is -2.21. The molecule has 2 aromatic carbocycles. The molecule has 0 aliphatic carbocycles. The Morgan fingerprint density at radius 3 is 2.45 bits per heavy atom. The van der Waals surface area contributed by atoms with E-state index in [2.05, 4.69) is 10.6 Å². The number of benzene rings is 2. The topological polar surface area (TPSA) is 121 Å². The first-order valence-electron chi connectivity index (χ1n) is 10.1. The molecule has 168 valence electrons. The van der Waals surface area contributed by atoms with Crippen molar-refractivity contribution in [2.45, 2.75) is 32.8 Å². The van der Waals surface area contributed by atoms with E-state index in [4.69, 9.17) is 14.4 Å². The lowest BCUT2D eigenvalue weighted by atomic mass is 10.0. The summed E-state index contributed by atoms with van der Waals surface area (Å²) in [7, 11) is 0. The largest absolute Gasteiger partial charge is 0.472 e. The third kappa shape index (κ3) is 6.55. The Bertz CT molecular complexity index is 1220. The third-order valence-corrected chi connectivity index (χ3v) is 4.42. The molecule has 0 spiro atoms. The predicted octanol–water partition coefficient (Wildman–Crippen LogP) is 5.38. The minimum absolute atomic E-state index is 0.267. The third-order valence-electron chi connectivity index (χ3n) is 4.42. The smallest absolute Gasteiger partial charge is 0.412 e. The van der Waals surface area contributed by atoms with Gasteiger partial charge in [-0.3, -0.25) is 14.9 Å². The molecule has 0 radical (unpaired) electrons. The first-order chi connectivity index (χ1) is 15.6. The molecule has 0 saturated heterocycles. The summed E-state index contributed by atoms with van der Waals surface area (Å²) < 4.78 is 10.4. The number of anilines is 2. The van der Waals surface area contributed by atoms with Gasteiger partial charge in [0, 0.05) is 11.1 Å². The molecule has 0 aliphatic heterocycles. The van der Waals surface area contributed by atoms with Crippen molar-refractivity contribution in [2.75, 3.05) is 10.6 Å². The summed E-state index contributed by atoms with van der Waals surface area (Å²) in [6.07, 6.45) is 1.96. The van der Waals surface area contributed by atoms with Crippen molar-refractivity contribution < 1.29 is 23.5 Å². The van der Waals surface area contributed by atoms with Gasteiger partial charge in [-0.25, -0.2) is 4.79 Å². The summed E-state index contributed by atoms with van der Waals surface area (Å²) in [6.45, 7) is 5.22. The number of carbonyl (C=O) groups is 3. The summed E-state index contributed by atoms with van der Waals surface area (Å²) in [5.74, 6) is -1.00. The molecule has 3 aromatic rings. The van der Waals surface area contributed by atoms with Crippen LogP contribution in [-0.2, 0) is 9.53 Å². The molecule has 0 saturated carbocycles. The Hall–Kier alpha value is -4.38. The molecule has 1 heterocycles. The number of furan rings is 1. The van der Waals surface area contributed by atoms with Crippen molar-refractivity contribution in [3.8, 4) is 17.2 Å². The number of ether oxygens (including phenoxy) is 1. The maximum atomic E-state index is 12.7. The minimum Gasteiger partial charge on any atom is -0.472 e.